The molecule has 0 amide bonds. The monoisotopic (exact) mass is 313 g/mol. The van der Waals surface area contributed by atoms with Gasteiger partial charge in [-0.15, -0.1) is 0 Å². The normalized spacial score (nSPS) is 10.3. The fraction of sp³-hybridized carbons (Fsp3) is 0.182. The van der Waals surface area contributed by atoms with Crippen molar-refractivity contribution in [3.05, 3.63) is 45.6 Å². The molecule has 0 radical (unpaired) electrons. The van der Waals surface area contributed by atoms with Gasteiger partial charge in [0.1, 0.15) is 5.82 Å². The Morgan fingerprint density at radius 2 is 2.07 bits per heavy atom. The minimum Gasteiger partial charge on any atom is -0.379 e. The fourth-order valence-corrected chi connectivity index (χ4v) is 1.69. The average Bonchev–Trinajstić information content (AvgIpc) is 2.64. The Morgan fingerprint density at radius 1 is 1.33 bits per heavy atom. The molecule has 0 aliphatic carbocycles. The number of anilines is 1. The highest BCUT2D eigenvalue weighted by Crippen LogP contribution is 2.11. The first-order valence-electron chi connectivity index (χ1n) is 4.74. The molecule has 15 heavy (non-hydrogen) atoms. The molecule has 1 heterocycles. The third kappa shape index (κ3) is 2.95. The van der Waals surface area contributed by atoms with E-state index in [1.807, 2.05) is 13.1 Å². The summed E-state index contributed by atoms with van der Waals surface area (Å²) in [5.74, 6) is 0.953. The molecule has 0 saturated heterocycles. The molecule has 0 atom stereocenters. The number of hydrogen-bond donors (Lipinski definition) is 2. The van der Waals surface area contributed by atoms with Crippen molar-refractivity contribution in [1.29, 1.82) is 0 Å². The van der Waals surface area contributed by atoms with E-state index in [-0.39, 0.29) is 0 Å². The Morgan fingerprint density at radius 3 is 2.67 bits per heavy atom. The van der Waals surface area contributed by atoms with Gasteiger partial charge in [-0.1, -0.05) is 0 Å². The van der Waals surface area contributed by atoms with E-state index >= 15 is 0 Å². The molecule has 0 saturated carbocycles. The summed E-state index contributed by atoms with van der Waals surface area (Å²) in [6.45, 7) is 2.73. The molecule has 0 aliphatic rings. The third-order valence-corrected chi connectivity index (χ3v) is 2.80. The van der Waals surface area contributed by atoms with Crippen LogP contribution in [0.2, 0.25) is 0 Å². The van der Waals surface area contributed by atoms with Gasteiger partial charge in [-0.25, -0.2) is 4.98 Å². The van der Waals surface area contributed by atoms with Gasteiger partial charge in [-0.05, 0) is 53.8 Å². The molecular weight excluding hydrogens is 301 g/mol. The highest BCUT2D eigenvalue weighted by molar-refractivity contribution is 14.1. The van der Waals surface area contributed by atoms with Crippen LogP contribution in [0.5, 0.6) is 0 Å². The molecule has 2 N–H and O–H groups in total. The SMILES string of the molecule is Cc1ncc(CNc2ccc(I)cc2)[nH]1. The number of rotatable bonds is 3. The van der Waals surface area contributed by atoms with Crippen molar-refractivity contribution in [2.24, 2.45) is 0 Å². The second-order valence-electron chi connectivity index (χ2n) is 3.35. The summed E-state index contributed by atoms with van der Waals surface area (Å²) < 4.78 is 1.25. The largest absolute Gasteiger partial charge is 0.379 e. The number of benzene rings is 1. The van der Waals surface area contributed by atoms with Crippen LogP contribution in [0.15, 0.2) is 30.5 Å². The van der Waals surface area contributed by atoms with Crippen molar-refractivity contribution < 1.29 is 0 Å². The molecule has 0 fully saturated rings. The first-order valence-corrected chi connectivity index (χ1v) is 5.82. The van der Waals surface area contributed by atoms with Crippen LogP contribution in [0.3, 0.4) is 0 Å². The summed E-state index contributed by atoms with van der Waals surface area (Å²) in [5.41, 5.74) is 2.23. The molecule has 0 bridgehead atoms. The molecule has 3 nitrogen and oxygen atoms in total. The average molecular weight is 313 g/mol. The van der Waals surface area contributed by atoms with Gasteiger partial charge in [0.05, 0.1) is 18.4 Å². The molecule has 0 spiro atoms. The molecule has 4 heteroatoms. The Balaban J connectivity index is 1.96. The first-order chi connectivity index (χ1) is 7.24. The van der Waals surface area contributed by atoms with E-state index in [4.69, 9.17) is 0 Å². The maximum atomic E-state index is 4.15. The quantitative estimate of drug-likeness (QED) is 0.856. The maximum absolute atomic E-state index is 4.15. The zero-order valence-corrected chi connectivity index (χ0v) is 10.6. The number of halogens is 1. The van der Waals surface area contributed by atoms with E-state index in [1.54, 1.807) is 0 Å². The van der Waals surface area contributed by atoms with Crippen molar-refractivity contribution >= 4 is 28.3 Å². The molecule has 78 valence electrons. The number of aromatic amines is 1. The Labute approximate surface area is 102 Å². The molecule has 0 unspecified atom stereocenters. The van der Waals surface area contributed by atoms with Gasteiger partial charge in [0.25, 0.3) is 0 Å². The minimum atomic E-state index is 0.779. The van der Waals surface area contributed by atoms with Crippen molar-refractivity contribution in [1.82, 2.24) is 9.97 Å². The van der Waals surface area contributed by atoms with Gasteiger partial charge in [-0.2, -0.15) is 0 Å². The van der Waals surface area contributed by atoms with Gasteiger partial charge in [0.15, 0.2) is 0 Å². The van der Waals surface area contributed by atoms with Crippen molar-refractivity contribution in [2.75, 3.05) is 5.32 Å². The number of hydrogen-bond acceptors (Lipinski definition) is 2. The lowest BCUT2D eigenvalue weighted by Gasteiger charge is -2.04. The Bertz CT molecular complexity index is 433. The van der Waals surface area contributed by atoms with E-state index in [0.717, 1.165) is 23.8 Å². The standard InChI is InChI=1S/C11H12IN3/c1-8-13-6-11(15-8)7-14-10-4-2-9(12)3-5-10/h2-6,14H,7H2,1H3,(H,13,15). The van der Waals surface area contributed by atoms with Crippen LogP contribution in [0, 0.1) is 10.5 Å². The van der Waals surface area contributed by atoms with Gasteiger partial charge >= 0.3 is 0 Å². The number of H-pyrrole nitrogens is 1. The summed E-state index contributed by atoms with van der Waals surface area (Å²) in [6, 6.07) is 8.32. The highest BCUT2D eigenvalue weighted by atomic mass is 127. The number of aryl methyl sites for hydroxylation is 1. The van der Waals surface area contributed by atoms with Crippen molar-refractivity contribution in [3.8, 4) is 0 Å². The number of imidazole rings is 1. The summed E-state index contributed by atoms with van der Waals surface area (Å²) in [7, 11) is 0. The van der Waals surface area contributed by atoms with Gasteiger partial charge < -0.3 is 10.3 Å². The molecule has 2 rings (SSSR count). The van der Waals surface area contributed by atoms with Crippen LogP contribution in [0.4, 0.5) is 5.69 Å². The van der Waals surface area contributed by atoms with Crippen molar-refractivity contribution in [3.63, 3.8) is 0 Å². The zero-order valence-electron chi connectivity index (χ0n) is 8.42. The van der Waals surface area contributed by atoms with E-state index in [1.165, 1.54) is 3.57 Å². The highest BCUT2D eigenvalue weighted by Gasteiger charge is 1.96. The molecular formula is C11H12IN3. The smallest absolute Gasteiger partial charge is 0.103 e. The van der Waals surface area contributed by atoms with Gasteiger partial charge in [-0.3, -0.25) is 0 Å². The summed E-state index contributed by atoms with van der Waals surface area (Å²) >= 11 is 2.30. The van der Waals surface area contributed by atoms with Crippen LogP contribution in [0.25, 0.3) is 0 Å². The third-order valence-electron chi connectivity index (χ3n) is 2.08. The first kappa shape index (κ1) is 10.5. The van der Waals surface area contributed by atoms with E-state index in [9.17, 15) is 0 Å². The molecule has 1 aromatic heterocycles. The van der Waals surface area contributed by atoms with Crippen LogP contribution in [-0.2, 0) is 6.54 Å². The molecule has 0 aliphatic heterocycles. The lowest BCUT2D eigenvalue weighted by Crippen LogP contribution is -1.99. The predicted molar refractivity (Wildman–Crippen MR) is 69.8 cm³/mol. The fourth-order valence-electron chi connectivity index (χ4n) is 1.33. The number of nitrogens with zero attached hydrogens (tertiary/aromatic N) is 1. The van der Waals surface area contributed by atoms with Gasteiger partial charge in [0.2, 0.25) is 0 Å². The van der Waals surface area contributed by atoms with E-state index in [2.05, 4.69) is 62.1 Å². The lowest BCUT2D eigenvalue weighted by atomic mass is 10.3. The Hall–Kier alpha value is -1.04. The summed E-state index contributed by atoms with van der Waals surface area (Å²) in [4.78, 5) is 7.33. The van der Waals surface area contributed by atoms with E-state index < -0.39 is 0 Å². The van der Waals surface area contributed by atoms with Crippen LogP contribution >= 0.6 is 22.6 Å². The number of nitrogens with one attached hydrogen (secondary N) is 2. The minimum absolute atomic E-state index is 0.779. The molecule has 2 aromatic rings. The van der Waals surface area contributed by atoms with Crippen molar-refractivity contribution in [2.45, 2.75) is 13.5 Å². The van der Waals surface area contributed by atoms with Crippen LogP contribution in [0.1, 0.15) is 11.5 Å². The van der Waals surface area contributed by atoms with Crippen LogP contribution < -0.4 is 5.32 Å². The maximum Gasteiger partial charge on any atom is 0.103 e. The second kappa shape index (κ2) is 4.65. The summed E-state index contributed by atoms with van der Waals surface area (Å²) in [5, 5.41) is 3.33. The lowest BCUT2D eigenvalue weighted by molar-refractivity contribution is 1.05. The zero-order chi connectivity index (χ0) is 10.7. The Kier molecular flexibility index (Phi) is 3.25. The van der Waals surface area contributed by atoms with E-state index in [0.29, 0.717) is 0 Å². The second-order valence-corrected chi connectivity index (χ2v) is 4.60. The number of aromatic nitrogens is 2. The van der Waals surface area contributed by atoms with Gasteiger partial charge in [0, 0.05) is 9.26 Å². The summed E-state index contributed by atoms with van der Waals surface area (Å²) in [6.07, 6.45) is 1.86. The topological polar surface area (TPSA) is 40.7 Å². The predicted octanol–water partition coefficient (Wildman–Crippen LogP) is 2.93. The van der Waals surface area contributed by atoms with Crippen LogP contribution in [-0.4, -0.2) is 9.97 Å². The molecule has 1 aromatic carbocycles.